The van der Waals surface area contributed by atoms with Gasteiger partial charge >= 0.3 is 0 Å². The maximum absolute atomic E-state index is 12.2. The number of ether oxygens (including phenoxy) is 1. The van der Waals surface area contributed by atoms with Crippen LogP contribution in [0.1, 0.15) is 22.4 Å². The van der Waals surface area contributed by atoms with Crippen LogP contribution in [0, 0.1) is 24.3 Å². The molecule has 3 rings (SSSR count). The number of H-pyrrole nitrogens is 1. The van der Waals surface area contributed by atoms with Gasteiger partial charge in [-0.05, 0) is 66.6 Å². The number of thiazole rings is 1. The third-order valence-electron chi connectivity index (χ3n) is 3.59. The molecule has 3 aromatic rings. The molecule has 0 amide bonds. The molecule has 0 saturated carbocycles. The summed E-state index contributed by atoms with van der Waals surface area (Å²) in [5, 5.41) is 1.96. The topological polar surface area (TPSA) is 55.0 Å². The fourth-order valence-corrected chi connectivity index (χ4v) is 4.81. The normalized spacial score (nSPS) is 10.9. The lowest BCUT2D eigenvalue weighted by Gasteiger charge is -2.15. The van der Waals surface area contributed by atoms with Crippen LogP contribution >= 0.6 is 45.7 Å². The zero-order chi connectivity index (χ0) is 18.0. The summed E-state index contributed by atoms with van der Waals surface area (Å²) in [6.07, 6.45) is 1.80. The second-order valence-electron chi connectivity index (χ2n) is 5.71. The Hall–Kier alpha value is -1.32. The summed E-state index contributed by atoms with van der Waals surface area (Å²) in [5.74, 6) is 2.07. The number of halogens is 1. The average molecular weight is 484 g/mol. The van der Waals surface area contributed by atoms with Gasteiger partial charge < -0.3 is 9.72 Å². The molecule has 0 bridgehead atoms. The number of aromatic nitrogens is 2. The number of benzene rings is 1. The standard InChI is InChI=1S/C18H17IN2O2S2/c1-10-6-11(2)8-13(7-10)23-16-14(9-25-18-20-4-5-24-18)12(3)21-17(22)15(16)19/h4-8H,9H2,1-3H3,(H,21,22). The van der Waals surface area contributed by atoms with Crippen molar-refractivity contribution in [2.45, 2.75) is 30.9 Å². The predicted molar refractivity (Wildman–Crippen MR) is 112 cm³/mol. The molecule has 0 unspecified atom stereocenters. The number of pyridine rings is 1. The first-order chi connectivity index (χ1) is 11.9. The van der Waals surface area contributed by atoms with Crippen LogP contribution in [-0.4, -0.2) is 9.97 Å². The Balaban J connectivity index is 1.99. The van der Waals surface area contributed by atoms with E-state index in [1.54, 1.807) is 29.3 Å². The van der Waals surface area contributed by atoms with E-state index in [0.717, 1.165) is 32.5 Å². The van der Waals surface area contributed by atoms with E-state index in [2.05, 4.69) is 38.6 Å². The number of hydrogen-bond donors (Lipinski definition) is 1. The van der Waals surface area contributed by atoms with E-state index in [0.29, 0.717) is 15.1 Å². The zero-order valence-corrected chi connectivity index (χ0v) is 17.8. The second-order valence-corrected chi connectivity index (χ2v) is 8.91. The average Bonchev–Trinajstić information content (AvgIpc) is 3.04. The molecule has 0 saturated heterocycles. The van der Waals surface area contributed by atoms with Crippen LogP contribution in [0.5, 0.6) is 11.5 Å². The van der Waals surface area contributed by atoms with Crippen molar-refractivity contribution in [3.8, 4) is 11.5 Å². The van der Waals surface area contributed by atoms with Gasteiger partial charge in [0.05, 0.1) is 0 Å². The van der Waals surface area contributed by atoms with Crippen molar-refractivity contribution >= 4 is 45.7 Å². The van der Waals surface area contributed by atoms with Crippen LogP contribution < -0.4 is 10.3 Å². The van der Waals surface area contributed by atoms with Gasteiger partial charge in [-0.25, -0.2) is 4.98 Å². The van der Waals surface area contributed by atoms with E-state index in [1.165, 1.54) is 0 Å². The third-order valence-corrected chi connectivity index (χ3v) is 6.56. The Morgan fingerprint density at radius 3 is 2.60 bits per heavy atom. The lowest BCUT2D eigenvalue weighted by atomic mass is 10.1. The van der Waals surface area contributed by atoms with Crippen LogP contribution in [0.4, 0.5) is 0 Å². The minimum absolute atomic E-state index is 0.125. The Morgan fingerprint density at radius 1 is 1.24 bits per heavy atom. The monoisotopic (exact) mass is 484 g/mol. The fraction of sp³-hybridized carbons (Fsp3) is 0.222. The highest BCUT2D eigenvalue weighted by Gasteiger charge is 2.17. The van der Waals surface area contributed by atoms with Crippen molar-refractivity contribution in [2.24, 2.45) is 0 Å². The number of nitrogens with zero attached hydrogens (tertiary/aromatic N) is 1. The van der Waals surface area contributed by atoms with Gasteiger partial charge in [0.2, 0.25) is 0 Å². The van der Waals surface area contributed by atoms with E-state index < -0.39 is 0 Å². The number of hydrogen-bond acceptors (Lipinski definition) is 5. The molecule has 0 radical (unpaired) electrons. The van der Waals surface area contributed by atoms with E-state index in [9.17, 15) is 4.79 Å². The molecule has 0 aliphatic heterocycles. The molecule has 130 valence electrons. The minimum atomic E-state index is -0.125. The fourth-order valence-electron chi connectivity index (χ4n) is 2.51. The van der Waals surface area contributed by atoms with Crippen LogP contribution in [0.15, 0.2) is 38.9 Å². The first-order valence-corrected chi connectivity index (χ1v) is 10.6. The highest BCUT2D eigenvalue weighted by atomic mass is 127. The Morgan fingerprint density at radius 2 is 1.96 bits per heavy atom. The Labute approximate surface area is 168 Å². The predicted octanol–water partition coefficient (Wildman–Crippen LogP) is 5.45. The quantitative estimate of drug-likeness (QED) is 0.387. The van der Waals surface area contributed by atoms with E-state index >= 15 is 0 Å². The SMILES string of the molecule is Cc1cc(C)cc(Oc2c(CSc3nccs3)c(C)[nH]c(=O)c2I)c1. The first kappa shape index (κ1) is 18.5. The molecule has 0 fully saturated rings. The first-order valence-electron chi connectivity index (χ1n) is 7.63. The molecule has 2 heterocycles. The summed E-state index contributed by atoms with van der Waals surface area (Å²) in [7, 11) is 0. The van der Waals surface area contributed by atoms with Gasteiger partial charge in [0.15, 0.2) is 5.75 Å². The van der Waals surface area contributed by atoms with Crippen LogP contribution in [0.2, 0.25) is 0 Å². The van der Waals surface area contributed by atoms with E-state index in [-0.39, 0.29) is 5.56 Å². The molecule has 7 heteroatoms. The van der Waals surface area contributed by atoms with Gasteiger partial charge in [-0.1, -0.05) is 17.8 Å². The lowest BCUT2D eigenvalue weighted by molar-refractivity contribution is 0.471. The van der Waals surface area contributed by atoms with Gasteiger partial charge in [0.25, 0.3) is 5.56 Å². The molecule has 2 aromatic heterocycles. The van der Waals surface area contributed by atoms with Gasteiger partial charge in [-0.3, -0.25) is 4.79 Å². The van der Waals surface area contributed by atoms with E-state index in [1.807, 2.05) is 38.3 Å². The molecular formula is C18H17IN2O2S2. The molecule has 0 spiro atoms. The summed E-state index contributed by atoms with van der Waals surface area (Å²) in [6, 6.07) is 6.06. The Kier molecular flexibility index (Phi) is 5.85. The summed E-state index contributed by atoms with van der Waals surface area (Å²) >= 11 is 5.30. The Bertz CT molecular complexity index is 932. The van der Waals surface area contributed by atoms with Crippen molar-refractivity contribution in [1.29, 1.82) is 0 Å². The number of rotatable bonds is 5. The molecule has 0 atom stereocenters. The summed E-state index contributed by atoms with van der Waals surface area (Å²) in [4.78, 5) is 19.4. The van der Waals surface area contributed by atoms with Gasteiger partial charge in [-0.15, -0.1) is 11.3 Å². The molecule has 0 aliphatic carbocycles. The van der Waals surface area contributed by atoms with Crippen molar-refractivity contribution in [3.63, 3.8) is 0 Å². The minimum Gasteiger partial charge on any atom is -0.456 e. The lowest BCUT2D eigenvalue weighted by Crippen LogP contribution is -2.15. The molecule has 1 N–H and O–H groups in total. The van der Waals surface area contributed by atoms with Crippen molar-refractivity contribution in [3.05, 3.63) is 66.1 Å². The number of nitrogens with one attached hydrogen (secondary N) is 1. The van der Waals surface area contributed by atoms with Crippen LogP contribution in [0.3, 0.4) is 0 Å². The van der Waals surface area contributed by atoms with E-state index in [4.69, 9.17) is 4.74 Å². The van der Waals surface area contributed by atoms with Crippen LogP contribution in [0.25, 0.3) is 0 Å². The largest absolute Gasteiger partial charge is 0.456 e. The van der Waals surface area contributed by atoms with Gasteiger partial charge in [-0.2, -0.15) is 0 Å². The zero-order valence-electron chi connectivity index (χ0n) is 14.1. The molecule has 4 nitrogen and oxygen atoms in total. The van der Waals surface area contributed by atoms with Crippen molar-refractivity contribution < 1.29 is 4.74 Å². The molecule has 1 aromatic carbocycles. The van der Waals surface area contributed by atoms with Gasteiger partial charge in [0, 0.05) is 28.6 Å². The highest BCUT2D eigenvalue weighted by Crippen LogP contribution is 2.35. The molecule has 25 heavy (non-hydrogen) atoms. The van der Waals surface area contributed by atoms with Crippen molar-refractivity contribution in [1.82, 2.24) is 9.97 Å². The van der Waals surface area contributed by atoms with Crippen molar-refractivity contribution in [2.75, 3.05) is 0 Å². The summed E-state index contributed by atoms with van der Waals surface area (Å²) < 4.78 is 7.74. The maximum Gasteiger partial charge on any atom is 0.265 e. The maximum atomic E-state index is 12.2. The number of aromatic amines is 1. The number of aryl methyl sites for hydroxylation is 3. The third kappa shape index (κ3) is 4.45. The summed E-state index contributed by atoms with van der Waals surface area (Å²) in [6.45, 7) is 5.98. The summed E-state index contributed by atoms with van der Waals surface area (Å²) in [5.41, 5.74) is 3.95. The van der Waals surface area contributed by atoms with Gasteiger partial charge in [0.1, 0.15) is 13.7 Å². The second kappa shape index (κ2) is 7.92. The molecule has 0 aliphatic rings. The number of thioether (sulfide) groups is 1. The smallest absolute Gasteiger partial charge is 0.265 e. The molecular weight excluding hydrogens is 467 g/mol. The van der Waals surface area contributed by atoms with Crippen LogP contribution in [-0.2, 0) is 5.75 Å². The highest BCUT2D eigenvalue weighted by molar-refractivity contribution is 14.1.